The van der Waals surface area contributed by atoms with Crippen LogP contribution < -0.4 is 10.1 Å². The highest BCUT2D eigenvalue weighted by Gasteiger charge is 2.14. The van der Waals surface area contributed by atoms with Crippen molar-refractivity contribution < 1.29 is 4.74 Å². The van der Waals surface area contributed by atoms with Gasteiger partial charge in [-0.05, 0) is 12.5 Å². The standard InChI is InChI=1S/C11H15NO.ClH/c1-2-10-8-12-7-9-5-3-4-6-11(9)13-10;/h3-6,10,12H,2,7-8H2,1H3;1H/t10-;/m1./s1. The minimum Gasteiger partial charge on any atom is -0.489 e. The summed E-state index contributed by atoms with van der Waals surface area (Å²) >= 11 is 0. The third kappa shape index (κ3) is 2.40. The molecule has 2 nitrogen and oxygen atoms in total. The highest BCUT2D eigenvalue weighted by atomic mass is 35.5. The van der Waals surface area contributed by atoms with Crippen LogP contribution in [0.2, 0.25) is 0 Å². The minimum atomic E-state index is 0. The Hall–Kier alpha value is -0.730. The normalized spacial score (nSPS) is 19.9. The van der Waals surface area contributed by atoms with Gasteiger partial charge in [0.25, 0.3) is 0 Å². The zero-order valence-corrected chi connectivity index (χ0v) is 9.14. The van der Waals surface area contributed by atoms with Crippen LogP contribution in [0.5, 0.6) is 5.75 Å². The van der Waals surface area contributed by atoms with E-state index in [1.807, 2.05) is 12.1 Å². The van der Waals surface area contributed by atoms with E-state index in [1.165, 1.54) is 5.56 Å². The van der Waals surface area contributed by atoms with Crippen LogP contribution in [0.1, 0.15) is 18.9 Å². The van der Waals surface area contributed by atoms with E-state index in [-0.39, 0.29) is 12.4 Å². The Morgan fingerprint density at radius 3 is 3.00 bits per heavy atom. The molecule has 1 aliphatic heterocycles. The molecule has 3 heteroatoms. The van der Waals surface area contributed by atoms with Crippen molar-refractivity contribution in [2.24, 2.45) is 0 Å². The Morgan fingerprint density at radius 2 is 2.21 bits per heavy atom. The molecule has 0 saturated heterocycles. The maximum absolute atomic E-state index is 5.84. The number of hydrogen-bond donors (Lipinski definition) is 1. The molecule has 0 amide bonds. The average molecular weight is 214 g/mol. The highest BCUT2D eigenvalue weighted by Crippen LogP contribution is 2.21. The Morgan fingerprint density at radius 1 is 1.43 bits per heavy atom. The molecule has 1 heterocycles. The Labute approximate surface area is 91.1 Å². The predicted octanol–water partition coefficient (Wildman–Crippen LogP) is 2.37. The number of nitrogens with one attached hydrogen (secondary N) is 1. The van der Waals surface area contributed by atoms with E-state index in [4.69, 9.17) is 4.74 Å². The maximum atomic E-state index is 5.84. The fourth-order valence-electron chi connectivity index (χ4n) is 1.58. The number of ether oxygens (including phenoxy) is 1. The quantitative estimate of drug-likeness (QED) is 0.774. The minimum absolute atomic E-state index is 0. The molecule has 78 valence electrons. The number of benzene rings is 1. The van der Waals surface area contributed by atoms with Gasteiger partial charge in [-0.1, -0.05) is 25.1 Å². The van der Waals surface area contributed by atoms with Crippen molar-refractivity contribution in [2.75, 3.05) is 6.54 Å². The molecule has 0 fully saturated rings. The van der Waals surface area contributed by atoms with E-state index >= 15 is 0 Å². The van der Waals surface area contributed by atoms with Crippen molar-refractivity contribution in [1.82, 2.24) is 5.32 Å². The van der Waals surface area contributed by atoms with Crippen LogP contribution in [-0.2, 0) is 6.54 Å². The average Bonchev–Trinajstić information content (AvgIpc) is 2.38. The lowest BCUT2D eigenvalue weighted by Crippen LogP contribution is -2.27. The molecule has 0 aromatic heterocycles. The lowest BCUT2D eigenvalue weighted by Gasteiger charge is -2.14. The summed E-state index contributed by atoms with van der Waals surface area (Å²) < 4.78 is 5.84. The first-order chi connectivity index (χ1) is 6.40. The van der Waals surface area contributed by atoms with Gasteiger partial charge in [-0.25, -0.2) is 0 Å². The van der Waals surface area contributed by atoms with Gasteiger partial charge >= 0.3 is 0 Å². The predicted molar refractivity (Wildman–Crippen MR) is 60.1 cm³/mol. The van der Waals surface area contributed by atoms with Gasteiger partial charge in [-0.3, -0.25) is 0 Å². The SMILES string of the molecule is CC[C@@H]1CNCc2ccccc2O1.Cl. The second-order valence-corrected chi connectivity index (χ2v) is 3.39. The lowest BCUT2D eigenvalue weighted by molar-refractivity contribution is 0.202. The molecule has 1 atom stereocenters. The molecule has 1 aliphatic rings. The second-order valence-electron chi connectivity index (χ2n) is 3.39. The highest BCUT2D eigenvalue weighted by molar-refractivity contribution is 5.85. The lowest BCUT2D eigenvalue weighted by atomic mass is 10.2. The first-order valence-corrected chi connectivity index (χ1v) is 4.85. The molecule has 14 heavy (non-hydrogen) atoms. The Balaban J connectivity index is 0.000000980. The third-order valence-electron chi connectivity index (χ3n) is 2.41. The topological polar surface area (TPSA) is 21.3 Å². The van der Waals surface area contributed by atoms with Crippen molar-refractivity contribution >= 4 is 12.4 Å². The summed E-state index contributed by atoms with van der Waals surface area (Å²) in [6, 6.07) is 8.23. The van der Waals surface area contributed by atoms with Crippen LogP contribution in [0, 0.1) is 0 Å². The fraction of sp³-hybridized carbons (Fsp3) is 0.455. The van der Waals surface area contributed by atoms with Crippen molar-refractivity contribution in [3.63, 3.8) is 0 Å². The van der Waals surface area contributed by atoms with Gasteiger partial charge in [0.1, 0.15) is 11.9 Å². The van der Waals surface area contributed by atoms with Gasteiger partial charge in [0.2, 0.25) is 0 Å². The first-order valence-electron chi connectivity index (χ1n) is 4.85. The van der Waals surface area contributed by atoms with Gasteiger partial charge in [0.15, 0.2) is 0 Å². The summed E-state index contributed by atoms with van der Waals surface area (Å²) in [5, 5.41) is 3.38. The molecule has 1 N–H and O–H groups in total. The summed E-state index contributed by atoms with van der Waals surface area (Å²) in [4.78, 5) is 0. The van der Waals surface area contributed by atoms with Crippen LogP contribution in [0.3, 0.4) is 0 Å². The molecule has 0 unspecified atom stereocenters. The van der Waals surface area contributed by atoms with Crippen LogP contribution in [-0.4, -0.2) is 12.6 Å². The van der Waals surface area contributed by atoms with Crippen LogP contribution in [0.4, 0.5) is 0 Å². The van der Waals surface area contributed by atoms with Gasteiger partial charge < -0.3 is 10.1 Å². The second kappa shape index (κ2) is 5.23. The monoisotopic (exact) mass is 213 g/mol. The van der Waals surface area contributed by atoms with Crippen LogP contribution in [0.25, 0.3) is 0 Å². The zero-order chi connectivity index (χ0) is 9.10. The zero-order valence-electron chi connectivity index (χ0n) is 8.32. The molecule has 0 saturated carbocycles. The molecule has 0 aliphatic carbocycles. The smallest absolute Gasteiger partial charge is 0.124 e. The van der Waals surface area contributed by atoms with Crippen molar-refractivity contribution in [3.8, 4) is 5.75 Å². The van der Waals surface area contributed by atoms with Gasteiger partial charge in [0, 0.05) is 18.7 Å². The van der Waals surface area contributed by atoms with Gasteiger partial charge in [0.05, 0.1) is 0 Å². The maximum Gasteiger partial charge on any atom is 0.124 e. The number of hydrogen-bond acceptors (Lipinski definition) is 2. The van der Waals surface area contributed by atoms with E-state index in [0.717, 1.165) is 25.3 Å². The van der Waals surface area contributed by atoms with E-state index < -0.39 is 0 Å². The van der Waals surface area contributed by atoms with E-state index in [1.54, 1.807) is 0 Å². The molecular formula is C11H16ClNO. The van der Waals surface area contributed by atoms with Crippen molar-refractivity contribution in [1.29, 1.82) is 0 Å². The third-order valence-corrected chi connectivity index (χ3v) is 2.41. The van der Waals surface area contributed by atoms with Gasteiger partial charge in [-0.15, -0.1) is 12.4 Å². The summed E-state index contributed by atoms with van der Waals surface area (Å²) in [7, 11) is 0. The van der Waals surface area contributed by atoms with Crippen molar-refractivity contribution in [3.05, 3.63) is 29.8 Å². The summed E-state index contributed by atoms with van der Waals surface area (Å²) in [5.41, 5.74) is 1.26. The molecular weight excluding hydrogens is 198 g/mol. The largest absolute Gasteiger partial charge is 0.489 e. The molecule has 0 spiro atoms. The van der Waals surface area contributed by atoms with E-state index in [0.29, 0.717) is 6.10 Å². The number of rotatable bonds is 1. The molecule has 1 aromatic rings. The van der Waals surface area contributed by atoms with Crippen LogP contribution >= 0.6 is 12.4 Å². The number of halogens is 1. The van der Waals surface area contributed by atoms with E-state index in [9.17, 15) is 0 Å². The molecule has 0 bridgehead atoms. The molecule has 1 aromatic carbocycles. The number of para-hydroxylation sites is 1. The molecule has 0 radical (unpaired) electrons. The summed E-state index contributed by atoms with van der Waals surface area (Å²) in [6.45, 7) is 4.03. The first kappa shape index (κ1) is 11.3. The fourth-order valence-corrected chi connectivity index (χ4v) is 1.58. The van der Waals surface area contributed by atoms with E-state index in [2.05, 4.69) is 24.4 Å². The van der Waals surface area contributed by atoms with Crippen molar-refractivity contribution in [2.45, 2.75) is 26.0 Å². The number of fused-ring (bicyclic) bond motifs is 1. The Bertz CT molecular complexity index is 290. The summed E-state index contributed by atoms with van der Waals surface area (Å²) in [6.07, 6.45) is 1.38. The summed E-state index contributed by atoms with van der Waals surface area (Å²) in [5.74, 6) is 1.04. The van der Waals surface area contributed by atoms with Crippen LogP contribution in [0.15, 0.2) is 24.3 Å². The van der Waals surface area contributed by atoms with Gasteiger partial charge in [-0.2, -0.15) is 0 Å². The molecule has 2 rings (SSSR count). The Kier molecular flexibility index (Phi) is 4.23.